The highest BCUT2D eigenvalue weighted by molar-refractivity contribution is 7.16. The van der Waals surface area contributed by atoms with Gasteiger partial charge in [-0.05, 0) is 74.5 Å². The Morgan fingerprint density at radius 2 is 2.21 bits per heavy atom. The number of rotatable bonds is 3. The molecule has 4 atom stereocenters. The van der Waals surface area contributed by atoms with Crippen molar-refractivity contribution in [2.24, 2.45) is 17.8 Å². The summed E-state index contributed by atoms with van der Waals surface area (Å²) in [7, 11) is 0. The monoisotopic (exact) mass is 295 g/mol. The molecule has 1 aromatic heterocycles. The Labute approximate surface area is 124 Å². The summed E-state index contributed by atoms with van der Waals surface area (Å²) in [6.45, 7) is 1.23. The SMILES string of the molecule is Clc1cc2c(s1)CCCC2NCC1CC2CCC1C2. The Morgan fingerprint density at radius 3 is 3.00 bits per heavy atom. The molecule has 1 N–H and O–H groups in total. The van der Waals surface area contributed by atoms with Crippen LogP contribution >= 0.6 is 22.9 Å². The molecule has 2 fully saturated rings. The van der Waals surface area contributed by atoms with Crippen LogP contribution in [-0.4, -0.2) is 6.54 Å². The second-order valence-electron chi connectivity index (χ2n) is 6.72. The summed E-state index contributed by atoms with van der Waals surface area (Å²) in [5, 5.41) is 3.87. The van der Waals surface area contributed by atoms with Crippen LogP contribution in [0.15, 0.2) is 6.07 Å². The van der Waals surface area contributed by atoms with E-state index in [1.54, 1.807) is 11.3 Å². The summed E-state index contributed by atoms with van der Waals surface area (Å²) in [6.07, 6.45) is 9.86. The third-order valence-corrected chi connectivity index (χ3v) is 6.93. The van der Waals surface area contributed by atoms with Gasteiger partial charge in [0, 0.05) is 10.9 Å². The molecule has 1 heterocycles. The summed E-state index contributed by atoms with van der Waals surface area (Å²) in [4.78, 5) is 1.53. The van der Waals surface area contributed by atoms with Crippen molar-refractivity contribution in [3.63, 3.8) is 0 Å². The van der Waals surface area contributed by atoms with Crippen molar-refractivity contribution >= 4 is 22.9 Å². The summed E-state index contributed by atoms with van der Waals surface area (Å²) in [5.74, 6) is 3.05. The molecule has 2 saturated carbocycles. The smallest absolute Gasteiger partial charge is 0.0934 e. The summed E-state index contributed by atoms with van der Waals surface area (Å²) < 4.78 is 0.971. The standard InChI is InChI=1S/C16H22ClNS/c17-16-8-13-14(2-1-3-15(13)19-16)18-9-12-7-10-4-5-11(12)6-10/h8,10-12,14,18H,1-7,9H2. The van der Waals surface area contributed by atoms with Gasteiger partial charge in [-0.3, -0.25) is 0 Å². The number of fused-ring (bicyclic) bond motifs is 3. The molecular formula is C16H22ClNS. The van der Waals surface area contributed by atoms with Gasteiger partial charge in [0.2, 0.25) is 0 Å². The van der Waals surface area contributed by atoms with Crippen LogP contribution in [0.1, 0.15) is 55.0 Å². The molecule has 0 saturated heterocycles. The van der Waals surface area contributed by atoms with E-state index in [1.165, 1.54) is 61.9 Å². The van der Waals surface area contributed by atoms with Gasteiger partial charge < -0.3 is 5.32 Å². The van der Waals surface area contributed by atoms with Gasteiger partial charge in [-0.15, -0.1) is 11.3 Å². The van der Waals surface area contributed by atoms with Gasteiger partial charge in [0.1, 0.15) is 0 Å². The molecule has 0 aromatic carbocycles. The van der Waals surface area contributed by atoms with Crippen LogP contribution < -0.4 is 5.32 Å². The Morgan fingerprint density at radius 1 is 1.26 bits per heavy atom. The zero-order chi connectivity index (χ0) is 12.8. The minimum Gasteiger partial charge on any atom is -0.310 e. The molecule has 3 aliphatic carbocycles. The molecule has 0 aliphatic heterocycles. The Kier molecular flexibility index (Phi) is 3.37. The lowest BCUT2D eigenvalue weighted by atomic mass is 9.87. The largest absolute Gasteiger partial charge is 0.310 e. The molecule has 4 rings (SSSR count). The number of halogens is 1. The normalized spacial score (nSPS) is 36.7. The highest BCUT2D eigenvalue weighted by atomic mass is 35.5. The average molecular weight is 296 g/mol. The quantitative estimate of drug-likeness (QED) is 0.844. The second kappa shape index (κ2) is 5.05. The molecule has 2 bridgehead atoms. The minimum absolute atomic E-state index is 0.576. The fourth-order valence-corrected chi connectivity index (χ4v) is 6.04. The van der Waals surface area contributed by atoms with E-state index in [1.807, 2.05) is 0 Å². The fourth-order valence-electron chi connectivity index (χ4n) is 4.65. The second-order valence-corrected chi connectivity index (χ2v) is 8.49. The molecule has 3 heteroatoms. The first-order valence-electron chi connectivity index (χ1n) is 7.81. The van der Waals surface area contributed by atoms with E-state index in [0.717, 1.165) is 22.1 Å². The zero-order valence-electron chi connectivity index (χ0n) is 11.3. The van der Waals surface area contributed by atoms with Crippen molar-refractivity contribution in [1.29, 1.82) is 0 Å². The molecule has 1 nitrogen and oxygen atoms in total. The van der Waals surface area contributed by atoms with Gasteiger partial charge in [-0.2, -0.15) is 0 Å². The Bertz CT molecular complexity index is 469. The van der Waals surface area contributed by atoms with E-state index in [-0.39, 0.29) is 0 Å². The third kappa shape index (κ3) is 2.36. The van der Waals surface area contributed by atoms with Crippen LogP contribution in [0.4, 0.5) is 0 Å². The molecule has 0 radical (unpaired) electrons. The van der Waals surface area contributed by atoms with Crippen molar-refractivity contribution in [1.82, 2.24) is 5.32 Å². The maximum absolute atomic E-state index is 6.19. The third-order valence-electron chi connectivity index (χ3n) is 5.59. The van der Waals surface area contributed by atoms with Gasteiger partial charge in [-0.25, -0.2) is 0 Å². The van der Waals surface area contributed by atoms with Crippen molar-refractivity contribution < 1.29 is 0 Å². The van der Waals surface area contributed by atoms with Gasteiger partial charge >= 0.3 is 0 Å². The molecule has 3 aliphatic rings. The van der Waals surface area contributed by atoms with Crippen molar-refractivity contribution in [3.05, 3.63) is 20.8 Å². The van der Waals surface area contributed by atoms with Gasteiger partial charge in [0.05, 0.1) is 4.34 Å². The van der Waals surface area contributed by atoms with Crippen molar-refractivity contribution in [2.45, 2.75) is 51.0 Å². The fraction of sp³-hybridized carbons (Fsp3) is 0.750. The molecule has 19 heavy (non-hydrogen) atoms. The van der Waals surface area contributed by atoms with Crippen molar-refractivity contribution in [3.8, 4) is 0 Å². The first kappa shape index (κ1) is 12.7. The zero-order valence-corrected chi connectivity index (χ0v) is 12.9. The molecule has 0 spiro atoms. The predicted molar refractivity (Wildman–Crippen MR) is 81.9 cm³/mol. The van der Waals surface area contributed by atoms with E-state index >= 15 is 0 Å². The minimum atomic E-state index is 0.576. The van der Waals surface area contributed by atoms with Gasteiger partial charge in [-0.1, -0.05) is 18.0 Å². The first-order valence-corrected chi connectivity index (χ1v) is 9.00. The lowest BCUT2D eigenvalue weighted by Gasteiger charge is -2.28. The highest BCUT2D eigenvalue weighted by Gasteiger charge is 2.39. The molecule has 0 amide bonds. The summed E-state index contributed by atoms with van der Waals surface area (Å²) >= 11 is 7.98. The van der Waals surface area contributed by atoms with Crippen LogP contribution in [-0.2, 0) is 6.42 Å². The van der Waals surface area contributed by atoms with Gasteiger partial charge in [0.25, 0.3) is 0 Å². The number of aryl methyl sites for hydroxylation is 1. The maximum atomic E-state index is 6.19. The predicted octanol–water partition coefficient (Wildman–Crippen LogP) is 4.80. The van der Waals surface area contributed by atoms with Crippen LogP contribution in [0.2, 0.25) is 4.34 Å². The van der Waals surface area contributed by atoms with E-state index in [9.17, 15) is 0 Å². The first-order chi connectivity index (χ1) is 9.29. The summed E-state index contributed by atoms with van der Waals surface area (Å²) in [5.41, 5.74) is 1.50. The Balaban J connectivity index is 1.41. The molecule has 4 unspecified atom stereocenters. The lowest BCUT2D eigenvalue weighted by Crippen LogP contribution is -2.31. The maximum Gasteiger partial charge on any atom is 0.0934 e. The number of hydrogen-bond acceptors (Lipinski definition) is 2. The number of thiophene rings is 1. The lowest BCUT2D eigenvalue weighted by molar-refractivity contribution is 0.300. The van der Waals surface area contributed by atoms with Gasteiger partial charge in [0.15, 0.2) is 0 Å². The van der Waals surface area contributed by atoms with Crippen LogP contribution in [0, 0.1) is 17.8 Å². The van der Waals surface area contributed by atoms with E-state index in [0.29, 0.717) is 6.04 Å². The summed E-state index contributed by atoms with van der Waals surface area (Å²) in [6, 6.07) is 2.78. The van der Waals surface area contributed by atoms with E-state index < -0.39 is 0 Å². The van der Waals surface area contributed by atoms with Crippen LogP contribution in [0.25, 0.3) is 0 Å². The number of nitrogens with one attached hydrogen (secondary N) is 1. The number of hydrogen-bond donors (Lipinski definition) is 1. The van der Waals surface area contributed by atoms with E-state index in [2.05, 4.69) is 11.4 Å². The average Bonchev–Trinajstić information content (AvgIpc) is 3.09. The molecule has 1 aromatic rings. The van der Waals surface area contributed by atoms with Crippen LogP contribution in [0.3, 0.4) is 0 Å². The molecule has 104 valence electrons. The molecular weight excluding hydrogens is 274 g/mol. The van der Waals surface area contributed by atoms with Crippen LogP contribution in [0.5, 0.6) is 0 Å². The van der Waals surface area contributed by atoms with E-state index in [4.69, 9.17) is 11.6 Å². The van der Waals surface area contributed by atoms with Crippen molar-refractivity contribution in [2.75, 3.05) is 6.54 Å². The highest BCUT2D eigenvalue weighted by Crippen LogP contribution is 2.48. The topological polar surface area (TPSA) is 12.0 Å². The Hall–Kier alpha value is -0.0500.